The van der Waals surface area contributed by atoms with E-state index in [1.165, 1.54) is 29.7 Å². The van der Waals surface area contributed by atoms with E-state index in [2.05, 4.69) is 43.9 Å². The SMILES string of the molecule is CC(C)(C)C1[C@H]2CN(C(=O)O)CCc3cccc(c32)N1C1CC1. The van der Waals surface area contributed by atoms with Crippen molar-refractivity contribution in [2.24, 2.45) is 5.41 Å². The minimum absolute atomic E-state index is 0.123. The summed E-state index contributed by atoms with van der Waals surface area (Å²) >= 11 is 0. The smallest absolute Gasteiger partial charge is 0.407 e. The van der Waals surface area contributed by atoms with E-state index < -0.39 is 6.09 Å². The average Bonchev–Trinajstić information content (AvgIpc) is 3.25. The zero-order valence-electron chi connectivity index (χ0n) is 14.2. The number of carboxylic acid groups (broad SMARTS) is 1. The number of carbonyl (C=O) groups is 1. The van der Waals surface area contributed by atoms with Gasteiger partial charge in [-0.05, 0) is 41.9 Å². The lowest BCUT2D eigenvalue weighted by Crippen LogP contribution is -2.48. The topological polar surface area (TPSA) is 43.8 Å². The van der Waals surface area contributed by atoms with Crippen LogP contribution < -0.4 is 4.90 Å². The van der Waals surface area contributed by atoms with Crippen LogP contribution in [0.25, 0.3) is 0 Å². The molecule has 0 bridgehead atoms. The van der Waals surface area contributed by atoms with Gasteiger partial charge in [-0.1, -0.05) is 32.9 Å². The first kappa shape index (κ1) is 14.9. The first-order valence-electron chi connectivity index (χ1n) is 8.76. The number of hydrogen-bond acceptors (Lipinski definition) is 2. The predicted octanol–water partition coefficient (Wildman–Crippen LogP) is 3.70. The zero-order valence-corrected chi connectivity index (χ0v) is 14.2. The summed E-state index contributed by atoms with van der Waals surface area (Å²) in [5.74, 6) is 0.292. The number of amides is 1. The summed E-state index contributed by atoms with van der Waals surface area (Å²) < 4.78 is 0. The summed E-state index contributed by atoms with van der Waals surface area (Å²) in [5.41, 5.74) is 4.29. The number of rotatable bonds is 1. The molecule has 0 saturated heterocycles. The molecule has 1 N–H and O–H groups in total. The van der Waals surface area contributed by atoms with Gasteiger partial charge in [0.05, 0.1) is 0 Å². The van der Waals surface area contributed by atoms with Gasteiger partial charge in [0.25, 0.3) is 0 Å². The third kappa shape index (κ3) is 2.30. The predicted molar refractivity (Wildman–Crippen MR) is 91.2 cm³/mol. The maximum Gasteiger partial charge on any atom is 0.407 e. The third-order valence-electron chi connectivity index (χ3n) is 5.67. The van der Waals surface area contributed by atoms with Crippen LogP contribution in [0.4, 0.5) is 10.5 Å². The van der Waals surface area contributed by atoms with Crippen LogP contribution >= 0.6 is 0 Å². The number of benzene rings is 1. The summed E-state index contributed by atoms with van der Waals surface area (Å²) in [5, 5.41) is 9.56. The third-order valence-corrected chi connectivity index (χ3v) is 5.67. The molecule has 3 aliphatic rings. The highest BCUT2D eigenvalue weighted by atomic mass is 16.4. The second kappa shape index (κ2) is 4.89. The molecule has 0 aromatic heterocycles. The van der Waals surface area contributed by atoms with Crippen LogP contribution in [0, 0.1) is 5.41 Å². The lowest BCUT2D eigenvalue weighted by molar-refractivity contribution is 0.138. The van der Waals surface area contributed by atoms with E-state index in [0.717, 1.165) is 6.42 Å². The van der Waals surface area contributed by atoms with Crippen molar-refractivity contribution >= 4 is 11.8 Å². The van der Waals surface area contributed by atoms with Gasteiger partial charge < -0.3 is 14.9 Å². The average molecular weight is 314 g/mol. The largest absolute Gasteiger partial charge is 0.465 e. The minimum Gasteiger partial charge on any atom is -0.465 e. The van der Waals surface area contributed by atoms with E-state index in [4.69, 9.17) is 0 Å². The van der Waals surface area contributed by atoms with Gasteiger partial charge in [-0.25, -0.2) is 4.79 Å². The Labute approximate surface area is 138 Å². The fraction of sp³-hybridized carbons (Fsp3) is 0.632. The molecule has 0 radical (unpaired) electrons. The lowest BCUT2D eigenvalue weighted by Gasteiger charge is -2.41. The van der Waals surface area contributed by atoms with Crippen molar-refractivity contribution in [2.75, 3.05) is 18.0 Å². The monoisotopic (exact) mass is 314 g/mol. The lowest BCUT2D eigenvalue weighted by atomic mass is 9.77. The first-order chi connectivity index (χ1) is 10.9. The van der Waals surface area contributed by atoms with Crippen molar-refractivity contribution in [1.82, 2.24) is 4.90 Å². The van der Waals surface area contributed by atoms with Crippen molar-refractivity contribution in [2.45, 2.75) is 58.0 Å². The quantitative estimate of drug-likeness (QED) is 0.859. The fourth-order valence-electron chi connectivity index (χ4n) is 4.72. The Morgan fingerprint density at radius 2 is 2.00 bits per heavy atom. The van der Waals surface area contributed by atoms with Crippen LogP contribution in [0.5, 0.6) is 0 Å². The van der Waals surface area contributed by atoms with E-state index in [1.54, 1.807) is 4.90 Å². The highest BCUT2D eigenvalue weighted by Crippen LogP contribution is 2.53. The van der Waals surface area contributed by atoms with Gasteiger partial charge in [-0.2, -0.15) is 0 Å². The van der Waals surface area contributed by atoms with Crippen molar-refractivity contribution < 1.29 is 9.90 Å². The Morgan fingerprint density at radius 3 is 2.61 bits per heavy atom. The molecular formula is C19H26N2O2. The van der Waals surface area contributed by atoms with Crippen molar-refractivity contribution in [3.05, 3.63) is 29.3 Å². The normalized spacial score (nSPS) is 26.9. The van der Waals surface area contributed by atoms with Crippen LogP contribution in [-0.2, 0) is 6.42 Å². The molecule has 1 aromatic rings. The van der Waals surface area contributed by atoms with E-state index in [1.807, 2.05) is 0 Å². The van der Waals surface area contributed by atoms with Gasteiger partial charge in [-0.3, -0.25) is 0 Å². The molecule has 1 unspecified atom stereocenters. The zero-order chi connectivity index (χ0) is 16.4. The molecule has 4 heteroatoms. The van der Waals surface area contributed by atoms with Crippen molar-refractivity contribution in [3.63, 3.8) is 0 Å². The summed E-state index contributed by atoms with van der Waals surface area (Å²) in [6.07, 6.45) is 2.59. The van der Waals surface area contributed by atoms with Gasteiger partial charge in [0.2, 0.25) is 0 Å². The van der Waals surface area contributed by atoms with Crippen LogP contribution in [-0.4, -0.2) is 41.3 Å². The van der Waals surface area contributed by atoms with Gasteiger partial charge in [0.1, 0.15) is 0 Å². The molecule has 1 amide bonds. The van der Waals surface area contributed by atoms with E-state index in [9.17, 15) is 9.90 Å². The van der Waals surface area contributed by atoms with Gasteiger partial charge in [-0.15, -0.1) is 0 Å². The molecule has 0 spiro atoms. The standard InChI is InChI=1S/C19H26N2O2/c1-19(2,3)17-14-11-20(18(22)23)10-9-12-5-4-6-15(16(12)14)21(17)13-7-8-13/h4-6,13-14,17H,7-11H2,1-3H3,(H,22,23)/t14-,17?/m0/s1. The van der Waals surface area contributed by atoms with E-state index in [-0.39, 0.29) is 5.41 Å². The van der Waals surface area contributed by atoms with Gasteiger partial charge in [0, 0.05) is 36.8 Å². The molecule has 1 fully saturated rings. The second-order valence-electron chi connectivity index (χ2n) is 8.38. The van der Waals surface area contributed by atoms with Crippen LogP contribution in [0.2, 0.25) is 0 Å². The Balaban J connectivity index is 1.85. The molecule has 4 nitrogen and oxygen atoms in total. The maximum absolute atomic E-state index is 11.6. The Hall–Kier alpha value is -1.71. The van der Waals surface area contributed by atoms with Gasteiger partial charge in [0.15, 0.2) is 0 Å². The molecule has 1 saturated carbocycles. The number of anilines is 1. The molecule has 2 heterocycles. The van der Waals surface area contributed by atoms with Gasteiger partial charge >= 0.3 is 6.09 Å². The maximum atomic E-state index is 11.6. The molecule has 1 aromatic carbocycles. The molecule has 124 valence electrons. The Bertz CT molecular complexity index is 645. The molecule has 4 rings (SSSR count). The molecule has 1 aliphatic carbocycles. The summed E-state index contributed by atoms with van der Waals surface area (Å²) in [4.78, 5) is 15.9. The second-order valence-corrected chi connectivity index (χ2v) is 8.38. The van der Waals surface area contributed by atoms with Crippen molar-refractivity contribution in [1.29, 1.82) is 0 Å². The highest BCUT2D eigenvalue weighted by molar-refractivity contribution is 5.70. The summed E-state index contributed by atoms with van der Waals surface area (Å²) in [7, 11) is 0. The van der Waals surface area contributed by atoms with E-state index >= 15 is 0 Å². The molecule has 2 atom stereocenters. The highest BCUT2D eigenvalue weighted by Gasteiger charge is 2.51. The van der Waals surface area contributed by atoms with Crippen LogP contribution in [0.15, 0.2) is 18.2 Å². The van der Waals surface area contributed by atoms with Crippen LogP contribution in [0.3, 0.4) is 0 Å². The molecule has 23 heavy (non-hydrogen) atoms. The Kier molecular flexibility index (Phi) is 3.16. The summed E-state index contributed by atoms with van der Waals surface area (Å²) in [6.45, 7) is 8.14. The molecule has 2 aliphatic heterocycles. The number of nitrogens with zero attached hydrogens (tertiary/aromatic N) is 2. The van der Waals surface area contributed by atoms with Crippen LogP contribution in [0.1, 0.15) is 50.7 Å². The van der Waals surface area contributed by atoms with Crippen molar-refractivity contribution in [3.8, 4) is 0 Å². The fourth-order valence-corrected chi connectivity index (χ4v) is 4.72. The molecular weight excluding hydrogens is 288 g/mol. The summed E-state index contributed by atoms with van der Waals surface area (Å²) in [6, 6.07) is 7.64. The number of hydrogen-bond donors (Lipinski definition) is 1. The van der Waals surface area contributed by atoms with E-state index in [0.29, 0.717) is 31.1 Å². The first-order valence-corrected chi connectivity index (χ1v) is 8.76. The minimum atomic E-state index is -0.781. The Morgan fingerprint density at radius 1 is 1.26 bits per heavy atom.